The molecule has 3 rings (SSSR count). The maximum absolute atomic E-state index is 12.1. The molecule has 0 bridgehead atoms. The first-order valence-corrected chi connectivity index (χ1v) is 8.16. The number of hydrogen-bond acceptors (Lipinski definition) is 5. The number of piperazine rings is 1. The minimum absolute atomic E-state index is 0.327. The van der Waals surface area contributed by atoms with E-state index >= 15 is 0 Å². The van der Waals surface area contributed by atoms with Crippen LogP contribution in [0.3, 0.4) is 0 Å². The average molecular weight is 354 g/mol. The first-order valence-electron chi connectivity index (χ1n) is 7.37. The Morgan fingerprint density at radius 1 is 1.52 bits per heavy atom. The molecule has 1 aromatic heterocycles. The van der Waals surface area contributed by atoms with Crippen LogP contribution in [0.25, 0.3) is 0 Å². The number of aromatic nitrogens is 1. The average Bonchev–Trinajstić information content (AvgIpc) is 3.30. The second kappa shape index (κ2) is 5.93. The van der Waals surface area contributed by atoms with Crippen molar-refractivity contribution in [3.63, 3.8) is 0 Å². The number of hydrogen-bond donors (Lipinski definition) is 1. The fourth-order valence-corrected chi connectivity index (χ4v) is 3.40. The number of pyridine rings is 1. The van der Waals surface area contributed by atoms with E-state index in [1.54, 1.807) is 0 Å². The smallest absolute Gasteiger partial charge is 0.341 e. The zero-order valence-corrected chi connectivity index (χ0v) is 13.9. The molecule has 6 heteroatoms. The Kier molecular flexibility index (Phi) is 4.17. The van der Waals surface area contributed by atoms with Crippen LogP contribution < -0.4 is 10.2 Å². The van der Waals surface area contributed by atoms with Crippen molar-refractivity contribution in [3.05, 3.63) is 21.8 Å². The second-order valence-corrected chi connectivity index (χ2v) is 6.65. The van der Waals surface area contributed by atoms with E-state index in [-0.39, 0.29) is 5.97 Å². The lowest BCUT2D eigenvalue weighted by molar-refractivity contribution is 0.0600. The van der Waals surface area contributed by atoms with Gasteiger partial charge in [0.1, 0.15) is 11.4 Å². The summed E-state index contributed by atoms with van der Waals surface area (Å²) in [5.41, 5.74) is 1.62. The zero-order valence-electron chi connectivity index (χ0n) is 12.4. The molecule has 2 aliphatic rings. The number of esters is 1. The molecule has 2 fully saturated rings. The molecule has 114 valence electrons. The summed E-state index contributed by atoms with van der Waals surface area (Å²) in [6.45, 7) is 4.75. The van der Waals surface area contributed by atoms with Gasteiger partial charge in [-0.05, 0) is 41.8 Å². The highest BCUT2D eigenvalue weighted by Gasteiger charge is 2.31. The summed E-state index contributed by atoms with van der Waals surface area (Å²) < 4.78 is 5.84. The number of anilines is 1. The van der Waals surface area contributed by atoms with Gasteiger partial charge in [-0.15, -0.1) is 0 Å². The summed E-state index contributed by atoms with van der Waals surface area (Å²) in [5.74, 6) is 0.970. The van der Waals surface area contributed by atoms with Crippen molar-refractivity contribution in [2.24, 2.45) is 0 Å². The first-order chi connectivity index (χ1) is 10.1. The normalized spacial score (nSPS) is 22.2. The predicted molar refractivity (Wildman–Crippen MR) is 84.9 cm³/mol. The van der Waals surface area contributed by atoms with Gasteiger partial charge in [-0.2, -0.15) is 0 Å². The van der Waals surface area contributed by atoms with E-state index in [0.717, 1.165) is 35.6 Å². The van der Waals surface area contributed by atoms with Gasteiger partial charge in [0.05, 0.1) is 12.8 Å². The fraction of sp³-hybridized carbons (Fsp3) is 0.600. The number of ether oxygens (including phenoxy) is 1. The predicted octanol–water partition coefficient (Wildman–Crippen LogP) is 2.31. The topological polar surface area (TPSA) is 54.5 Å². The van der Waals surface area contributed by atoms with Gasteiger partial charge in [-0.1, -0.05) is 0 Å². The SMILES string of the molecule is COC(=O)c1cc(Br)c(C2CC2)nc1N1CCN[C@H](C)C1. The highest BCUT2D eigenvalue weighted by atomic mass is 79.9. The van der Waals surface area contributed by atoms with Crippen molar-refractivity contribution < 1.29 is 9.53 Å². The highest BCUT2D eigenvalue weighted by Crippen LogP contribution is 2.43. The number of halogens is 1. The van der Waals surface area contributed by atoms with Crippen molar-refractivity contribution in [3.8, 4) is 0 Å². The molecule has 1 aliphatic heterocycles. The molecule has 1 N–H and O–H groups in total. The van der Waals surface area contributed by atoms with Crippen LogP contribution in [0.5, 0.6) is 0 Å². The van der Waals surface area contributed by atoms with Crippen LogP contribution in [0.2, 0.25) is 0 Å². The number of nitrogens with zero attached hydrogens (tertiary/aromatic N) is 2. The molecule has 2 heterocycles. The molecule has 0 spiro atoms. The Morgan fingerprint density at radius 2 is 2.29 bits per heavy atom. The molecular formula is C15H20BrN3O2. The van der Waals surface area contributed by atoms with E-state index < -0.39 is 0 Å². The monoisotopic (exact) mass is 353 g/mol. The van der Waals surface area contributed by atoms with Crippen LogP contribution in [0.15, 0.2) is 10.5 Å². The van der Waals surface area contributed by atoms with Crippen LogP contribution in [-0.4, -0.2) is 43.7 Å². The van der Waals surface area contributed by atoms with E-state index in [4.69, 9.17) is 9.72 Å². The molecule has 0 unspecified atom stereocenters. The van der Waals surface area contributed by atoms with Gasteiger partial charge in [0, 0.05) is 36.1 Å². The molecule has 1 saturated carbocycles. The fourth-order valence-electron chi connectivity index (χ4n) is 2.76. The van der Waals surface area contributed by atoms with E-state index in [1.807, 2.05) is 6.07 Å². The van der Waals surface area contributed by atoms with E-state index in [2.05, 4.69) is 33.1 Å². The van der Waals surface area contributed by atoms with Crippen LogP contribution in [-0.2, 0) is 4.74 Å². The molecule has 1 aliphatic carbocycles. The third-order valence-corrected chi connectivity index (χ3v) is 4.66. The lowest BCUT2D eigenvalue weighted by Gasteiger charge is -2.34. The van der Waals surface area contributed by atoms with E-state index in [9.17, 15) is 4.79 Å². The van der Waals surface area contributed by atoms with Gasteiger partial charge in [0.15, 0.2) is 0 Å². The van der Waals surface area contributed by atoms with Gasteiger partial charge < -0.3 is 15.0 Å². The molecule has 0 radical (unpaired) electrons. The van der Waals surface area contributed by atoms with Gasteiger partial charge in [0.2, 0.25) is 0 Å². The molecule has 5 nitrogen and oxygen atoms in total. The van der Waals surface area contributed by atoms with Crippen molar-refractivity contribution in [1.29, 1.82) is 0 Å². The maximum atomic E-state index is 12.1. The molecule has 1 aromatic rings. The second-order valence-electron chi connectivity index (χ2n) is 5.79. The number of carbonyl (C=O) groups excluding carboxylic acids is 1. The van der Waals surface area contributed by atoms with Crippen LogP contribution in [0, 0.1) is 0 Å². The lowest BCUT2D eigenvalue weighted by atomic mass is 10.1. The van der Waals surface area contributed by atoms with Crippen molar-refractivity contribution in [1.82, 2.24) is 10.3 Å². The molecular weight excluding hydrogens is 334 g/mol. The Morgan fingerprint density at radius 3 is 2.90 bits per heavy atom. The number of carbonyl (C=O) groups is 1. The lowest BCUT2D eigenvalue weighted by Crippen LogP contribution is -2.50. The number of rotatable bonds is 3. The summed E-state index contributed by atoms with van der Waals surface area (Å²) in [7, 11) is 1.41. The molecule has 21 heavy (non-hydrogen) atoms. The minimum Gasteiger partial charge on any atom is -0.465 e. The van der Waals surface area contributed by atoms with Gasteiger partial charge in [0.25, 0.3) is 0 Å². The summed E-state index contributed by atoms with van der Waals surface area (Å²) in [4.78, 5) is 19.1. The van der Waals surface area contributed by atoms with Crippen molar-refractivity contribution in [2.75, 3.05) is 31.6 Å². The third kappa shape index (κ3) is 3.06. The summed E-state index contributed by atoms with van der Waals surface area (Å²) in [6.07, 6.45) is 2.36. The first kappa shape index (κ1) is 14.8. The van der Waals surface area contributed by atoms with Crippen LogP contribution in [0.1, 0.15) is 41.7 Å². The van der Waals surface area contributed by atoms with Gasteiger partial charge in [-0.25, -0.2) is 9.78 Å². The maximum Gasteiger partial charge on any atom is 0.341 e. The largest absolute Gasteiger partial charge is 0.465 e. The highest BCUT2D eigenvalue weighted by molar-refractivity contribution is 9.10. The number of nitrogens with one attached hydrogen (secondary N) is 1. The minimum atomic E-state index is -0.327. The van der Waals surface area contributed by atoms with Crippen molar-refractivity contribution >= 4 is 27.7 Å². The summed E-state index contributed by atoms with van der Waals surface area (Å²) >= 11 is 3.55. The summed E-state index contributed by atoms with van der Waals surface area (Å²) in [5, 5.41) is 3.41. The van der Waals surface area contributed by atoms with Gasteiger partial charge in [-0.3, -0.25) is 0 Å². The molecule has 1 atom stereocenters. The molecule has 1 saturated heterocycles. The molecule has 0 aromatic carbocycles. The number of methoxy groups -OCH3 is 1. The van der Waals surface area contributed by atoms with E-state index in [1.165, 1.54) is 20.0 Å². The zero-order chi connectivity index (χ0) is 15.0. The van der Waals surface area contributed by atoms with E-state index in [0.29, 0.717) is 17.5 Å². The van der Waals surface area contributed by atoms with Gasteiger partial charge >= 0.3 is 5.97 Å². The Bertz CT molecular complexity index is 560. The Balaban J connectivity index is 2.01. The third-order valence-electron chi connectivity index (χ3n) is 4.02. The van der Waals surface area contributed by atoms with Crippen molar-refractivity contribution in [2.45, 2.75) is 31.7 Å². The Hall–Kier alpha value is -1.14. The van der Waals surface area contributed by atoms with Crippen LogP contribution in [0.4, 0.5) is 5.82 Å². The Labute approximate surface area is 133 Å². The quantitative estimate of drug-likeness (QED) is 0.845. The standard InChI is InChI=1S/C15H20BrN3O2/c1-9-8-19(6-5-17-9)14-11(15(20)21-2)7-12(16)13(18-14)10-3-4-10/h7,9-10,17H,3-6,8H2,1-2H3/t9-/m1/s1. The molecule has 0 amide bonds. The summed E-state index contributed by atoms with van der Waals surface area (Å²) in [6, 6.07) is 2.26. The van der Waals surface area contributed by atoms with Crippen LogP contribution >= 0.6 is 15.9 Å².